The Morgan fingerprint density at radius 1 is 1.08 bits per heavy atom. The van der Waals surface area contributed by atoms with E-state index in [0.29, 0.717) is 36.6 Å². The Morgan fingerprint density at radius 3 is 2.44 bits per heavy atom. The molecular formula is C20H24N2O3. The van der Waals surface area contributed by atoms with Gasteiger partial charge < -0.3 is 10.1 Å². The quantitative estimate of drug-likeness (QED) is 0.919. The summed E-state index contributed by atoms with van der Waals surface area (Å²) in [5.74, 6) is 3.13. The number of carbonyl (C=O) groups excluding carboxylic acids is 2. The summed E-state index contributed by atoms with van der Waals surface area (Å²) in [6.45, 7) is 0.947. The monoisotopic (exact) mass is 340 g/mol. The molecule has 2 amide bonds. The van der Waals surface area contributed by atoms with Crippen LogP contribution in [0.2, 0.25) is 0 Å². The minimum absolute atomic E-state index is 0.00751. The van der Waals surface area contributed by atoms with Gasteiger partial charge in [0.1, 0.15) is 6.61 Å². The molecule has 0 radical (unpaired) electrons. The number of rotatable bonds is 3. The van der Waals surface area contributed by atoms with Gasteiger partial charge in [-0.2, -0.15) is 0 Å². The number of hydrogen-bond acceptors (Lipinski definition) is 3. The van der Waals surface area contributed by atoms with Crippen molar-refractivity contribution in [3.05, 3.63) is 29.8 Å². The highest BCUT2D eigenvalue weighted by atomic mass is 16.6. The topological polar surface area (TPSA) is 58.6 Å². The molecule has 1 heterocycles. The molecule has 0 spiro atoms. The fraction of sp³-hybridized carbons (Fsp3) is 0.600. The first-order valence-corrected chi connectivity index (χ1v) is 9.52. The molecular weight excluding hydrogens is 316 g/mol. The molecule has 4 saturated carbocycles. The van der Waals surface area contributed by atoms with Crippen LogP contribution in [0.15, 0.2) is 24.3 Å². The second kappa shape index (κ2) is 5.75. The number of hydrogen-bond donors (Lipinski definition) is 1. The SMILES string of the molecule is O=C(NC1C2CC3CC(C2)CC1C3)c1cccc(N2CCOC2=O)c1. The molecule has 5 fully saturated rings. The van der Waals surface area contributed by atoms with Crippen molar-refractivity contribution < 1.29 is 14.3 Å². The Kier molecular flexibility index (Phi) is 3.50. The number of amides is 2. The van der Waals surface area contributed by atoms with E-state index >= 15 is 0 Å². The molecule has 132 valence electrons. The van der Waals surface area contributed by atoms with E-state index in [1.165, 1.54) is 32.1 Å². The van der Waals surface area contributed by atoms with E-state index in [4.69, 9.17) is 4.74 Å². The van der Waals surface area contributed by atoms with Gasteiger partial charge in [0.2, 0.25) is 0 Å². The lowest BCUT2D eigenvalue weighted by atomic mass is 9.54. The van der Waals surface area contributed by atoms with Crippen molar-refractivity contribution in [2.24, 2.45) is 23.7 Å². The van der Waals surface area contributed by atoms with Gasteiger partial charge >= 0.3 is 6.09 Å². The highest BCUT2D eigenvalue weighted by Crippen LogP contribution is 2.53. The first-order chi connectivity index (χ1) is 12.2. The zero-order valence-electron chi connectivity index (χ0n) is 14.3. The molecule has 4 bridgehead atoms. The summed E-state index contributed by atoms with van der Waals surface area (Å²) in [4.78, 5) is 26.2. The Hall–Kier alpha value is -2.04. The zero-order valence-corrected chi connectivity index (χ0v) is 14.3. The van der Waals surface area contributed by atoms with Gasteiger partial charge in [0, 0.05) is 17.3 Å². The van der Waals surface area contributed by atoms with E-state index < -0.39 is 0 Å². The third kappa shape index (κ3) is 2.60. The van der Waals surface area contributed by atoms with Gasteiger partial charge in [-0.3, -0.25) is 9.69 Å². The summed E-state index contributed by atoms with van der Waals surface area (Å²) in [7, 11) is 0. The van der Waals surface area contributed by atoms with Crippen LogP contribution in [-0.4, -0.2) is 31.2 Å². The van der Waals surface area contributed by atoms with E-state index in [0.717, 1.165) is 17.5 Å². The van der Waals surface area contributed by atoms with Crippen molar-refractivity contribution in [2.75, 3.05) is 18.1 Å². The van der Waals surface area contributed by atoms with Gasteiger partial charge in [0.05, 0.1) is 6.54 Å². The van der Waals surface area contributed by atoms with Crippen molar-refractivity contribution in [1.29, 1.82) is 0 Å². The van der Waals surface area contributed by atoms with Crippen molar-refractivity contribution in [2.45, 2.75) is 38.1 Å². The molecule has 1 aromatic carbocycles. The van der Waals surface area contributed by atoms with Gasteiger partial charge in [0.15, 0.2) is 0 Å². The van der Waals surface area contributed by atoms with Crippen LogP contribution in [0.4, 0.5) is 10.5 Å². The number of cyclic esters (lactones) is 1. The van der Waals surface area contributed by atoms with Crippen LogP contribution in [0.25, 0.3) is 0 Å². The molecule has 0 aromatic heterocycles. The number of ether oxygens (including phenoxy) is 1. The van der Waals surface area contributed by atoms with Crippen LogP contribution in [0.3, 0.4) is 0 Å². The smallest absolute Gasteiger partial charge is 0.414 e. The van der Waals surface area contributed by atoms with Crippen LogP contribution >= 0.6 is 0 Å². The highest BCUT2D eigenvalue weighted by molar-refractivity contribution is 5.97. The number of benzene rings is 1. The van der Waals surface area contributed by atoms with Gasteiger partial charge in [0.25, 0.3) is 5.91 Å². The Bertz CT molecular complexity index is 689. The normalized spacial score (nSPS) is 35.8. The minimum Gasteiger partial charge on any atom is -0.447 e. The third-order valence-corrected chi connectivity index (χ3v) is 6.71. The molecule has 5 nitrogen and oxygen atoms in total. The summed E-state index contributed by atoms with van der Waals surface area (Å²) in [6.07, 6.45) is 6.24. The van der Waals surface area contributed by atoms with Crippen LogP contribution in [-0.2, 0) is 4.74 Å². The molecule has 1 N–H and O–H groups in total. The van der Waals surface area contributed by atoms with E-state index in [2.05, 4.69) is 5.32 Å². The lowest BCUT2D eigenvalue weighted by Crippen LogP contribution is -2.55. The van der Waals surface area contributed by atoms with E-state index in [1.807, 2.05) is 18.2 Å². The molecule has 1 aromatic rings. The Labute approximate surface area is 147 Å². The minimum atomic E-state index is -0.335. The second-order valence-electron chi connectivity index (χ2n) is 8.25. The summed E-state index contributed by atoms with van der Waals surface area (Å²) in [6, 6.07) is 7.66. The standard InChI is InChI=1S/C20H24N2O3/c23-19(14-2-1-3-17(11-14)22-4-5-25-20(22)24)21-18-15-7-12-6-13(9-15)10-16(18)8-12/h1-3,11-13,15-16,18H,4-10H2,(H,21,23). The first kappa shape index (κ1) is 15.2. The molecule has 0 unspecified atom stereocenters. The average molecular weight is 340 g/mol. The van der Waals surface area contributed by atoms with Crippen molar-refractivity contribution in [1.82, 2.24) is 5.32 Å². The summed E-state index contributed by atoms with van der Waals surface area (Å²) < 4.78 is 4.99. The lowest BCUT2D eigenvalue weighted by Gasteiger charge is -2.54. The Balaban J connectivity index is 1.32. The van der Waals surface area contributed by atoms with Crippen LogP contribution in [0.1, 0.15) is 42.5 Å². The summed E-state index contributed by atoms with van der Waals surface area (Å²) >= 11 is 0. The van der Waals surface area contributed by atoms with Crippen LogP contribution in [0.5, 0.6) is 0 Å². The second-order valence-corrected chi connectivity index (χ2v) is 8.25. The number of nitrogens with zero attached hydrogens (tertiary/aromatic N) is 1. The van der Waals surface area contributed by atoms with Crippen LogP contribution < -0.4 is 10.2 Å². The van der Waals surface area contributed by atoms with Crippen molar-refractivity contribution >= 4 is 17.7 Å². The first-order valence-electron chi connectivity index (χ1n) is 9.52. The van der Waals surface area contributed by atoms with Crippen molar-refractivity contribution in [3.8, 4) is 0 Å². The average Bonchev–Trinajstić information content (AvgIpc) is 3.03. The lowest BCUT2D eigenvalue weighted by molar-refractivity contribution is -0.0119. The maximum atomic E-state index is 12.8. The molecule has 4 aliphatic carbocycles. The molecule has 6 rings (SSSR count). The van der Waals surface area contributed by atoms with E-state index in [1.54, 1.807) is 11.0 Å². The molecule has 5 heteroatoms. The molecule has 0 atom stereocenters. The third-order valence-electron chi connectivity index (χ3n) is 6.71. The largest absolute Gasteiger partial charge is 0.447 e. The predicted molar refractivity (Wildman–Crippen MR) is 93.4 cm³/mol. The molecule has 5 aliphatic rings. The molecule has 25 heavy (non-hydrogen) atoms. The van der Waals surface area contributed by atoms with E-state index in [9.17, 15) is 9.59 Å². The van der Waals surface area contributed by atoms with Crippen LogP contribution in [0, 0.1) is 23.7 Å². The van der Waals surface area contributed by atoms with Gasteiger partial charge in [-0.05, 0) is 74.0 Å². The molecule has 1 saturated heterocycles. The number of carbonyl (C=O) groups is 2. The Morgan fingerprint density at radius 2 is 1.80 bits per heavy atom. The van der Waals surface area contributed by atoms with Gasteiger partial charge in [-0.15, -0.1) is 0 Å². The summed E-state index contributed by atoms with van der Waals surface area (Å²) in [5.41, 5.74) is 1.37. The van der Waals surface area contributed by atoms with Gasteiger partial charge in [-0.1, -0.05) is 6.07 Å². The van der Waals surface area contributed by atoms with Crippen molar-refractivity contribution in [3.63, 3.8) is 0 Å². The highest BCUT2D eigenvalue weighted by Gasteiger charge is 2.48. The fourth-order valence-corrected chi connectivity index (χ4v) is 5.84. The zero-order chi connectivity index (χ0) is 17.0. The summed E-state index contributed by atoms with van der Waals surface area (Å²) in [5, 5.41) is 3.33. The molecule has 1 aliphatic heterocycles. The fourth-order valence-electron chi connectivity index (χ4n) is 5.84. The number of nitrogens with one attached hydrogen (secondary N) is 1. The maximum absolute atomic E-state index is 12.8. The number of anilines is 1. The maximum Gasteiger partial charge on any atom is 0.414 e. The van der Waals surface area contributed by atoms with E-state index in [-0.39, 0.29) is 12.0 Å². The predicted octanol–water partition coefficient (Wildman–Crippen LogP) is 3.20. The van der Waals surface area contributed by atoms with Gasteiger partial charge in [-0.25, -0.2) is 4.79 Å².